The van der Waals surface area contributed by atoms with E-state index < -0.39 is 0 Å². The van der Waals surface area contributed by atoms with Crippen LogP contribution in [0.1, 0.15) is 5.56 Å². The molecule has 0 radical (unpaired) electrons. The van der Waals surface area contributed by atoms with Gasteiger partial charge in [-0.1, -0.05) is 23.7 Å². The lowest BCUT2D eigenvalue weighted by Gasteiger charge is -2.04. The smallest absolute Gasteiger partial charge is 0.315 e. The molecule has 0 aliphatic heterocycles. The van der Waals surface area contributed by atoms with Crippen molar-refractivity contribution >= 4 is 17.6 Å². The third kappa shape index (κ3) is 4.34. The number of nitriles is 1. The van der Waals surface area contributed by atoms with Gasteiger partial charge in [-0.3, -0.25) is 0 Å². The number of nitrogens with one attached hydrogen (secondary N) is 2. The van der Waals surface area contributed by atoms with E-state index in [1.165, 1.54) is 0 Å². The fraction of sp³-hybridized carbons (Fsp3) is 0.200. The van der Waals surface area contributed by atoms with Crippen molar-refractivity contribution in [2.45, 2.75) is 6.54 Å². The van der Waals surface area contributed by atoms with Crippen molar-refractivity contribution in [3.63, 3.8) is 0 Å². The molecule has 4 nitrogen and oxygen atoms in total. The second kappa shape index (κ2) is 5.89. The zero-order chi connectivity index (χ0) is 11.1. The Morgan fingerprint density at radius 3 is 2.60 bits per heavy atom. The molecule has 0 aromatic heterocycles. The van der Waals surface area contributed by atoms with Crippen LogP contribution in [0, 0.1) is 11.3 Å². The van der Waals surface area contributed by atoms with Crippen LogP contribution < -0.4 is 10.6 Å². The lowest BCUT2D eigenvalue weighted by Crippen LogP contribution is -2.35. The van der Waals surface area contributed by atoms with E-state index in [0.717, 1.165) is 5.56 Å². The minimum Gasteiger partial charge on any atom is -0.334 e. The van der Waals surface area contributed by atoms with Gasteiger partial charge >= 0.3 is 6.03 Å². The first-order valence-electron chi connectivity index (χ1n) is 4.35. The molecule has 0 atom stereocenters. The van der Waals surface area contributed by atoms with Crippen molar-refractivity contribution in [3.05, 3.63) is 34.9 Å². The monoisotopic (exact) mass is 223 g/mol. The van der Waals surface area contributed by atoms with Crippen molar-refractivity contribution < 1.29 is 4.79 Å². The van der Waals surface area contributed by atoms with Crippen LogP contribution >= 0.6 is 11.6 Å². The summed E-state index contributed by atoms with van der Waals surface area (Å²) in [6, 6.07) is 8.62. The van der Waals surface area contributed by atoms with E-state index in [0.29, 0.717) is 11.6 Å². The summed E-state index contributed by atoms with van der Waals surface area (Å²) in [5.41, 5.74) is 0.950. The van der Waals surface area contributed by atoms with Crippen LogP contribution in [0.2, 0.25) is 5.02 Å². The van der Waals surface area contributed by atoms with E-state index in [-0.39, 0.29) is 12.6 Å². The molecule has 0 heterocycles. The molecule has 0 saturated heterocycles. The largest absolute Gasteiger partial charge is 0.334 e. The van der Waals surface area contributed by atoms with Gasteiger partial charge in [0.1, 0.15) is 6.54 Å². The summed E-state index contributed by atoms with van der Waals surface area (Å²) in [7, 11) is 0. The van der Waals surface area contributed by atoms with Crippen LogP contribution in [-0.2, 0) is 6.54 Å². The minimum absolute atomic E-state index is 0.00640. The van der Waals surface area contributed by atoms with Gasteiger partial charge in [0.2, 0.25) is 0 Å². The van der Waals surface area contributed by atoms with Crippen LogP contribution in [-0.4, -0.2) is 12.6 Å². The normalized spacial score (nSPS) is 9.07. The van der Waals surface area contributed by atoms with E-state index in [9.17, 15) is 4.79 Å². The Kier molecular flexibility index (Phi) is 4.45. The second-order valence-corrected chi connectivity index (χ2v) is 3.26. The van der Waals surface area contributed by atoms with E-state index in [4.69, 9.17) is 16.9 Å². The molecule has 1 aromatic rings. The lowest BCUT2D eigenvalue weighted by molar-refractivity contribution is 0.241. The van der Waals surface area contributed by atoms with Gasteiger partial charge in [-0.2, -0.15) is 5.26 Å². The molecule has 5 heteroatoms. The van der Waals surface area contributed by atoms with Gasteiger partial charge in [0, 0.05) is 11.6 Å². The fourth-order valence-electron chi connectivity index (χ4n) is 0.967. The third-order valence-electron chi connectivity index (χ3n) is 1.69. The average Bonchev–Trinajstić information content (AvgIpc) is 2.25. The van der Waals surface area contributed by atoms with Crippen molar-refractivity contribution in [1.29, 1.82) is 5.26 Å². The van der Waals surface area contributed by atoms with Crippen molar-refractivity contribution in [3.8, 4) is 6.07 Å². The highest BCUT2D eigenvalue weighted by Gasteiger charge is 1.98. The van der Waals surface area contributed by atoms with Crippen LogP contribution in [0.25, 0.3) is 0 Å². The van der Waals surface area contributed by atoms with Crippen LogP contribution in [0.15, 0.2) is 24.3 Å². The first-order valence-corrected chi connectivity index (χ1v) is 4.73. The Morgan fingerprint density at radius 1 is 1.33 bits per heavy atom. The maximum Gasteiger partial charge on any atom is 0.315 e. The molecule has 0 bridgehead atoms. The fourth-order valence-corrected chi connectivity index (χ4v) is 1.09. The summed E-state index contributed by atoms with van der Waals surface area (Å²) in [4.78, 5) is 11.0. The van der Waals surface area contributed by atoms with Gasteiger partial charge in [-0.15, -0.1) is 0 Å². The Bertz CT molecular complexity index is 369. The van der Waals surface area contributed by atoms with Crippen LogP contribution in [0.4, 0.5) is 4.79 Å². The molecule has 1 rings (SSSR count). The first kappa shape index (κ1) is 11.3. The number of rotatable bonds is 3. The number of hydrogen-bond donors (Lipinski definition) is 2. The molecule has 0 saturated carbocycles. The molecule has 15 heavy (non-hydrogen) atoms. The number of carbonyl (C=O) groups is 1. The zero-order valence-electron chi connectivity index (χ0n) is 7.96. The van der Waals surface area contributed by atoms with E-state index >= 15 is 0 Å². The molecule has 0 fully saturated rings. The molecular weight excluding hydrogens is 214 g/mol. The third-order valence-corrected chi connectivity index (χ3v) is 1.95. The maximum atomic E-state index is 11.0. The molecule has 1 aromatic carbocycles. The highest BCUT2D eigenvalue weighted by atomic mass is 35.5. The summed E-state index contributed by atoms with van der Waals surface area (Å²) < 4.78 is 0. The maximum absolute atomic E-state index is 11.0. The Balaban J connectivity index is 2.34. The number of carbonyl (C=O) groups excluding carboxylic acids is 1. The van der Waals surface area contributed by atoms with Crippen molar-refractivity contribution in [2.75, 3.05) is 6.54 Å². The molecule has 0 unspecified atom stereocenters. The number of nitrogens with zero attached hydrogens (tertiary/aromatic N) is 1. The second-order valence-electron chi connectivity index (χ2n) is 2.82. The summed E-state index contributed by atoms with van der Waals surface area (Å²) in [5.74, 6) is 0. The molecule has 0 aliphatic carbocycles. The molecule has 78 valence electrons. The molecular formula is C10H10ClN3O. The minimum atomic E-state index is -0.355. The predicted octanol–water partition coefficient (Wildman–Crippen LogP) is 1.66. The topological polar surface area (TPSA) is 64.9 Å². The lowest BCUT2D eigenvalue weighted by atomic mass is 10.2. The van der Waals surface area contributed by atoms with Gasteiger partial charge in [0.15, 0.2) is 0 Å². The SMILES string of the molecule is N#CCNC(=O)NCc1ccc(Cl)cc1. The van der Waals surface area contributed by atoms with E-state index in [1.54, 1.807) is 12.1 Å². The number of amides is 2. The van der Waals surface area contributed by atoms with Gasteiger partial charge in [0.25, 0.3) is 0 Å². The molecule has 2 amide bonds. The quantitative estimate of drug-likeness (QED) is 0.766. The Labute approximate surface area is 92.8 Å². The number of urea groups is 1. The molecule has 0 aliphatic rings. The predicted molar refractivity (Wildman–Crippen MR) is 57.3 cm³/mol. The summed E-state index contributed by atoms with van der Waals surface area (Å²) in [6.45, 7) is 0.418. The Hall–Kier alpha value is -1.73. The molecule has 0 spiro atoms. The average molecular weight is 224 g/mol. The van der Waals surface area contributed by atoms with Gasteiger partial charge in [-0.25, -0.2) is 4.79 Å². The number of benzene rings is 1. The van der Waals surface area contributed by atoms with Crippen LogP contribution in [0.5, 0.6) is 0 Å². The summed E-state index contributed by atoms with van der Waals surface area (Å²) in [5, 5.41) is 13.9. The number of halogens is 1. The van der Waals surface area contributed by atoms with Gasteiger partial charge in [0.05, 0.1) is 6.07 Å². The number of hydrogen-bond acceptors (Lipinski definition) is 2. The van der Waals surface area contributed by atoms with E-state index in [1.807, 2.05) is 18.2 Å². The van der Waals surface area contributed by atoms with E-state index in [2.05, 4.69) is 10.6 Å². The Morgan fingerprint density at radius 2 is 2.00 bits per heavy atom. The summed E-state index contributed by atoms with van der Waals surface area (Å²) >= 11 is 5.71. The highest BCUT2D eigenvalue weighted by Crippen LogP contribution is 2.08. The van der Waals surface area contributed by atoms with Crippen molar-refractivity contribution in [2.24, 2.45) is 0 Å². The standard InChI is InChI=1S/C10H10ClN3O/c11-9-3-1-8(2-4-9)7-14-10(15)13-6-5-12/h1-4H,6-7H2,(H2,13,14,15). The highest BCUT2D eigenvalue weighted by molar-refractivity contribution is 6.30. The van der Waals surface area contributed by atoms with Crippen LogP contribution in [0.3, 0.4) is 0 Å². The van der Waals surface area contributed by atoms with Gasteiger partial charge in [-0.05, 0) is 17.7 Å². The zero-order valence-corrected chi connectivity index (χ0v) is 8.71. The molecule has 2 N–H and O–H groups in total. The first-order chi connectivity index (χ1) is 7.22. The van der Waals surface area contributed by atoms with Crippen molar-refractivity contribution in [1.82, 2.24) is 10.6 Å². The summed E-state index contributed by atoms with van der Waals surface area (Å²) in [6.07, 6.45) is 0. The van der Waals surface area contributed by atoms with Gasteiger partial charge < -0.3 is 10.6 Å².